The number of morpholine rings is 1. The number of amides is 1. The van der Waals surface area contributed by atoms with E-state index in [1.54, 1.807) is 24.5 Å². The van der Waals surface area contributed by atoms with Gasteiger partial charge in [0.15, 0.2) is 5.58 Å². The minimum Gasteiger partial charge on any atom is -0.437 e. The van der Waals surface area contributed by atoms with E-state index in [1.165, 1.54) is 0 Å². The number of hydrogen-bond donors (Lipinski definition) is 0. The van der Waals surface area contributed by atoms with E-state index in [2.05, 4.69) is 14.9 Å². The molecule has 7 nitrogen and oxygen atoms in total. The van der Waals surface area contributed by atoms with E-state index in [9.17, 15) is 4.79 Å². The fraction of sp³-hybridized carbons (Fsp3) is 0.348. The number of fused-ring (bicyclic) bond motifs is 1. The largest absolute Gasteiger partial charge is 0.437 e. The maximum Gasteiger partial charge on any atom is 0.247 e. The molecule has 156 valence electrons. The van der Waals surface area contributed by atoms with Crippen molar-refractivity contribution in [1.29, 1.82) is 0 Å². The summed E-state index contributed by atoms with van der Waals surface area (Å²) in [5, 5.41) is 0. The molecule has 30 heavy (non-hydrogen) atoms. The van der Waals surface area contributed by atoms with Crippen molar-refractivity contribution in [1.82, 2.24) is 19.8 Å². The van der Waals surface area contributed by atoms with Crippen LogP contribution in [0.25, 0.3) is 17.2 Å². The van der Waals surface area contributed by atoms with Crippen LogP contribution < -0.4 is 0 Å². The Morgan fingerprint density at radius 1 is 1.13 bits per heavy atom. The maximum absolute atomic E-state index is 12.9. The SMILES string of the molecule is O=C(/C=C/c1nc2ccccc2o1)N(CCCN1CCOCC1)Cc1ccncc1. The molecule has 3 aromatic rings. The van der Waals surface area contributed by atoms with Gasteiger partial charge in [-0.2, -0.15) is 0 Å². The summed E-state index contributed by atoms with van der Waals surface area (Å²) in [5.41, 5.74) is 2.55. The summed E-state index contributed by atoms with van der Waals surface area (Å²) in [5.74, 6) is 0.373. The molecule has 0 N–H and O–H groups in total. The molecule has 1 fully saturated rings. The van der Waals surface area contributed by atoms with Crippen molar-refractivity contribution >= 4 is 23.1 Å². The van der Waals surface area contributed by atoms with Gasteiger partial charge in [0.1, 0.15) is 5.52 Å². The number of ether oxygens (including phenoxy) is 1. The molecule has 1 aliphatic heterocycles. The summed E-state index contributed by atoms with van der Waals surface area (Å²) >= 11 is 0. The molecule has 1 saturated heterocycles. The maximum atomic E-state index is 12.9. The Bertz CT molecular complexity index is 947. The molecule has 0 unspecified atom stereocenters. The lowest BCUT2D eigenvalue weighted by molar-refractivity contribution is -0.126. The summed E-state index contributed by atoms with van der Waals surface area (Å²) in [6.07, 6.45) is 7.60. The van der Waals surface area contributed by atoms with E-state index in [1.807, 2.05) is 41.3 Å². The van der Waals surface area contributed by atoms with Crippen LogP contribution in [0.1, 0.15) is 17.9 Å². The second kappa shape index (κ2) is 10.1. The van der Waals surface area contributed by atoms with E-state index in [0.29, 0.717) is 24.6 Å². The zero-order valence-electron chi connectivity index (χ0n) is 16.9. The van der Waals surface area contributed by atoms with Crippen molar-refractivity contribution in [2.24, 2.45) is 0 Å². The summed E-state index contributed by atoms with van der Waals surface area (Å²) in [7, 11) is 0. The molecule has 0 spiro atoms. The first-order chi connectivity index (χ1) is 14.8. The van der Waals surface area contributed by atoms with Crippen molar-refractivity contribution in [3.8, 4) is 0 Å². The molecule has 2 aromatic heterocycles. The van der Waals surface area contributed by atoms with Crippen LogP contribution in [0.15, 0.2) is 59.3 Å². The topological polar surface area (TPSA) is 71.7 Å². The Morgan fingerprint density at radius 3 is 2.73 bits per heavy atom. The highest BCUT2D eigenvalue weighted by molar-refractivity contribution is 5.91. The average molecular weight is 406 g/mol. The van der Waals surface area contributed by atoms with E-state index in [-0.39, 0.29) is 5.91 Å². The van der Waals surface area contributed by atoms with Gasteiger partial charge in [-0.3, -0.25) is 14.7 Å². The molecule has 1 amide bonds. The molecule has 0 bridgehead atoms. The van der Waals surface area contributed by atoms with Gasteiger partial charge in [0.05, 0.1) is 13.2 Å². The molecule has 4 rings (SSSR count). The number of carbonyl (C=O) groups excluding carboxylic acids is 1. The second-order valence-corrected chi connectivity index (χ2v) is 7.28. The van der Waals surface area contributed by atoms with Gasteiger partial charge in [-0.15, -0.1) is 0 Å². The van der Waals surface area contributed by atoms with Crippen molar-refractivity contribution < 1.29 is 13.9 Å². The van der Waals surface area contributed by atoms with Crippen molar-refractivity contribution in [3.05, 3.63) is 66.3 Å². The third-order valence-corrected chi connectivity index (χ3v) is 5.12. The van der Waals surface area contributed by atoms with Gasteiger partial charge in [0, 0.05) is 57.3 Å². The molecule has 0 saturated carbocycles. The molecule has 0 radical (unpaired) electrons. The van der Waals surface area contributed by atoms with E-state index in [0.717, 1.165) is 50.3 Å². The Balaban J connectivity index is 1.40. The Hall–Kier alpha value is -3.03. The summed E-state index contributed by atoms with van der Waals surface area (Å²) in [6.45, 7) is 5.66. The number of nitrogens with zero attached hydrogens (tertiary/aromatic N) is 4. The van der Waals surface area contributed by atoms with Crippen LogP contribution in [-0.4, -0.2) is 65.1 Å². The lowest BCUT2D eigenvalue weighted by atomic mass is 10.2. The monoisotopic (exact) mass is 406 g/mol. The zero-order valence-corrected chi connectivity index (χ0v) is 16.9. The quantitative estimate of drug-likeness (QED) is 0.536. The highest BCUT2D eigenvalue weighted by atomic mass is 16.5. The number of rotatable bonds is 8. The highest BCUT2D eigenvalue weighted by Gasteiger charge is 2.14. The summed E-state index contributed by atoms with van der Waals surface area (Å²) < 4.78 is 11.1. The normalized spacial score (nSPS) is 15.1. The van der Waals surface area contributed by atoms with E-state index >= 15 is 0 Å². The number of para-hydroxylation sites is 2. The number of pyridine rings is 1. The lowest BCUT2D eigenvalue weighted by Gasteiger charge is -2.28. The molecule has 3 heterocycles. The Kier molecular flexibility index (Phi) is 6.84. The Labute approximate surface area is 176 Å². The van der Waals surface area contributed by atoms with Gasteiger partial charge in [0.2, 0.25) is 11.8 Å². The van der Waals surface area contributed by atoms with Gasteiger partial charge in [-0.05, 0) is 36.2 Å². The van der Waals surface area contributed by atoms with Crippen LogP contribution in [0.2, 0.25) is 0 Å². The zero-order chi connectivity index (χ0) is 20.6. The smallest absolute Gasteiger partial charge is 0.247 e. The highest BCUT2D eigenvalue weighted by Crippen LogP contribution is 2.16. The molecule has 7 heteroatoms. The van der Waals surface area contributed by atoms with Crippen LogP contribution in [-0.2, 0) is 16.1 Å². The Morgan fingerprint density at radius 2 is 1.93 bits per heavy atom. The van der Waals surface area contributed by atoms with Crippen LogP contribution in [0.5, 0.6) is 0 Å². The van der Waals surface area contributed by atoms with Gasteiger partial charge < -0.3 is 14.1 Å². The predicted octanol–water partition coefficient (Wildman–Crippen LogP) is 2.99. The number of hydrogen-bond acceptors (Lipinski definition) is 6. The summed E-state index contributed by atoms with van der Waals surface area (Å²) in [4.78, 5) is 25.6. The van der Waals surface area contributed by atoms with Crippen LogP contribution >= 0.6 is 0 Å². The molecular formula is C23H26N4O3. The van der Waals surface area contributed by atoms with Crippen LogP contribution in [0.3, 0.4) is 0 Å². The van der Waals surface area contributed by atoms with Gasteiger partial charge in [0.25, 0.3) is 0 Å². The number of carbonyl (C=O) groups is 1. The minimum atomic E-state index is -0.0592. The minimum absolute atomic E-state index is 0.0592. The van der Waals surface area contributed by atoms with E-state index in [4.69, 9.17) is 9.15 Å². The van der Waals surface area contributed by atoms with Gasteiger partial charge in [-0.1, -0.05) is 12.1 Å². The molecule has 1 aliphatic rings. The first-order valence-electron chi connectivity index (χ1n) is 10.3. The van der Waals surface area contributed by atoms with Crippen molar-refractivity contribution in [3.63, 3.8) is 0 Å². The summed E-state index contributed by atoms with van der Waals surface area (Å²) in [6, 6.07) is 11.4. The van der Waals surface area contributed by atoms with E-state index < -0.39 is 0 Å². The molecule has 1 aromatic carbocycles. The first-order valence-corrected chi connectivity index (χ1v) is 10.3. The molecule has 0 aliphatic carbocycles. The fourth-order valence-corrected chi connectivity index (χ4v) is 3.50. The lowest BCUT2D eigenvalue weighted by Crippen LogP contribution is -2.38. The van der Waals surface area contributed by atoms with Gasteiger partial charge >= 0.3 is 0 Å². The third kappa shape index (κ3) is 5.52. The fourth-order valence-electron chi connectivity index (χ4n) is 3.50. The average Bonchev–Trinajstić information content (AvgIpc) is 3.21. The number of aromatic nitrogens is 2. The number of oxazole rings is 1. The van der Waals surface area contributed by atoms with Crippen LogP contribution in [0.4, 0.5) is 0 Å². The van der Waals surface area contributed by atoms with Gasteiger partial charge in [-0.25, -0.2) is 4.98 Å². The van der Waals surface area contributed by atoms with Crippen LogP contribution in [0, 0.1) is 0 Å². The number of benzene rings is 1. The molecular weight excluding hydrogens is 380 g/mol. The second-order valence-electron chi connectivity index (χ2n) is 7.28. The third-order valence-electron chi connectivity index (χ3n) is 5.12. The first kappa shape index (κ1) is 20.3. The molecule has 0 atom stereocenters. The standard InChI is InChI=1S/C23H26N4O3/c28-23(7-6-22-25-20-4-1-2-5-21(20)30-22)27(18-19-8-10-24-11-9-19)13-3-12-26-14-16-29-17-15-26/h1-2,4-11H,3,12-18H2/b7-6+. The van der Waals surface area contributed by atoms with Crippen molar-refractivity contribution in [2.45, 2.75) is 13.0 Å². The van der Waals surface area contributed by atoms with Crippen molar-refractivity contribution in [2.75, 3.05) is 39.4 Å². The predicted molar refractivity (Wildman–Crippen MR) is 115 cm³/mol.